The minimum absolute atomic E-state index is 0. The minimum atomic E-state index is -0.609. The number of hydrogen-bond acceptors (Lipinski definition) is 3. The maximum Gasteiger partial charge on any atom is 0.244 e. The molecule has 0 aliphatic carbocycles. The first-order chi connectivity index (χ1) is 11.7. The minimum Gasteiger partial charge on any atom is -0.388 e. The number of aliphatic hydroxyl groups is 1. The molecule has 3 N–H and O–H groups in total. The van der Waals surface area contributed by atoms with Gasteiger partial charge in [-0.25, -0.2) is 0 Å². The summed E-state index contributed by atoms with van der Waals surface area (Å²) in [7, 11) is 0. The molecule has 0 bridgehead atoms. The van der Waals surface area contributed by atoms with Gasteiger partial charge in [-0.05, 0) is 29.9 Å². The van der Waals surface area contributed by atoms with Gasteiger partial charge in [-0.3, -0.25) is 4.79 Å². The normalized spacial score (nSPS) is 17.4. The second kappa shape index (κ2) is 8.99. The van der Waals surface area contributed by atoms with Crippen LogP contribution in [-0.2, 0) is 4.79 Å². The maximum absolute atomic E-state index is 12.6. The molecule has 2 aromatic rings. The quantitative estimate of drug-likeness (QED) is 0.880. The van der Waals surface area contributed by atoms with Gasteiger partial charge in [0, 0.05) is 13.1 Å². The molecule has 134 valence electrons. The lowest BCUT2D eigenvalue weighted by atomic mass is 9.87. The molecule has 2 atom stereocenters. The fourth-order valence-corrected chi connectivity index (χ4v) is 3.36. The number of rotatable bonds is 4. The predicted octanol–water partition coefficient (Wildman–Crippen LogP) is 3.08. The molecule has 5 heteroatoms. The number of carbonyl (C=O) groups excluding carboxylic acids is 1. The maximum atomic E-state index is 12.6. The third-order valence-electron chi connectivity index (χ3n) is 4.86. The second-order valence-electron chi connectivity index (χ2n) is 6.41. The van der Waals surface area contributed by atoms with Gasteiger partial charge in [-0.2, -0.15) is 0 Å². The first-order valence-corrected chi connectivity index (χ1v) is 8.49. The molecule has 3 rings (SSSR count). The first kappa shape index (κ1) is 19.4. The van der Waals surface area contributed by atoms with Crippen LogP contribution < -0.4 is 5.73 Å². The van der Waals surface area contributed by atoms with E-state index in [9.17, 15) is 9.90 Å². The van der Waals surface area contributed by atoms with Crippen LogP contribution in [0.25, 0.3) is 0 Å². The van der Waals surface area contributed by atoms with Gasteiger partial charge < -0.3 is 15.7 Å². The molecule has 1 fully saturated rings. The van der Waals surface area contributed by atoms with Crippen molar-refractivity contribution in [3.8, 4) is 0 Å². The average molecular weight is 361 g/mol. The monoisotopic (exact) mass is 360 g/mol. The Morgan fingerprint density at radius 2 is 1.44 bits per heavy atom. The van der Waals surface area contributed by atoms with Crippen molar-refractivity contribution in [1.82, 2.24) is 4.90 Å². The van der Waals surface area contributed by atoms with E-state index in [0.29, 0.717) is 13.1 Å². The smallest absolute Gasteiger partial charge is 0.244 e. The standard InChI is InChI=1S/C20H24N2O2.ClH/c21-18(15-7-3-1-4-8-15)20(24)22-13-11-17(12-14-22)19(23)16-9-5-2-6-10-16;/h1-10,17-19,23H,11-14,21H2;1H. The van der Waals surface area contributed by atoms with Crippen molar-refractivity contribution in [3.05, 3.63) is 71.8 Å². The topological polar surface area (TPSA) is 66.6 Å². The molecular formula is C20H25ClN2O2. The third-order valence-corrected chi connectivity index (χ3v) is 4.86. The van der Waals surface area contributed by atoms with Gasteiger partial charge in [0.15, 0.2) is 0 Å². The summed E-state index contributed by atoms with van der Waals surface area (Å²) in [4.78, 5) is 14.4. The van der Waals surface area contributed by atoms with Crippen LogP contribution in [0.2, 0.25) is 0 Å². The van der Waals surface area contributed by atoms with Crippen LogP contribution in [0, 0.1) is 5.92 Å². The Labute approximate surface area is 155 Å². The summed E-state index contributed by atoms with van der Waals surface area (Å²) >= 11 is 0. The lowest BCUT2D eigenvalue weighted by Crippen LogP contribution is -2.44. The molecular weight excluding hydrogens is 336 g/mol. The summed E-state index contributed by atoms with van der Waals surface area (Å²) in [5.74, 6) is 0.151. The Morgan fingerprint density at radius 1 is 0.960 bits per heavy atom. The van der Waals surface area contributed by atoms with Crippen LogP contribution in [0.4, 0.5) is 0 Å². The Hall–Kier alpha value is -1.88. The summed E-state index contributed by atoms with van der Waals surface area (Å²) < 4.78 is 0. The van der Waals surface area contributed by atoms with E-state index in [1.165, 1.54) is 0 Å². The third kappa shape index (κ3) is 4.60. The summed E-state index contributed by atoms with van der Waals surface area (Å²) in [6.45, 7) is 1.29. The van der Waals surface area contributed by atoms with Gasteiger partial charge in [-0.15, -0.1) is 12.4 Å². The molecule has 1 saturated heterocycles. The van der Waals surface area contributed by atoms with Gasteiger partial charge >= 0.3 is 0 Å². The highest BCUT2D eigenvalue weighted by atomic mass is 35.5. The average Bonchev–Trinajstić information content (AvgIpc) is 2.68. The molecule has 1 heterocycles. The Balaban J connectivity index is 0.00000225. The van der Waals surface area contributed by atoms with Gasteiger partial charge in [0.1, 0.15) is 6.04 Å². The molecule has 4 nitrogen and oxygen atoms in total. The molecule has 0 spiro atoms. The van der Waals surface area contributed by atoms with E-state index < -0.39 is 12.1 Å². The molecule has 2 aromatic carbocycles. The zero-order valence-corrected chi connectivity index (χ0v) is 14.9. The molecule has 0 radical (unpaired) electrons. The molecule has 0 saturated carbocycles. The highest BCUT2D eigenvalue weighted by Gasteiger charge is 2.30. The molecule has 2 unspecified atom stereocenters. The van der Waals surface area contributed by atoms with E-state index in [0.717, 1.165) is 24.0 Å². The van der Waals surface area contributed by atoms with Crippen LogP contribution in [0.1, 0.15) is 36.1 Å². The Morgan fingerprint density at radius 3 is 1.96 bits per heavy atom. The van der Waals surface area contributed by atoms with Gasteiger partial charge in [-0.1, -0.05) is 60.7 Å². The van der Waals surface area contributed by atoms with Gasteiger partial charge in [0.25, 0.3) is 0 Å². The lowest BCUT2D eigenvalue weighted by Gasteiger charge is -2.35. The number of carbonyl (C=O) groups is 1. The van der Waals surface area contributed by atoms with E-state index in [1.807, 2.05) is 65.6 Å². The number of aliphatic hydroxyl groups excluding tert-OH is 1. The summed E-state index contributed by atoms with van der Waals surface area (Å²) in [5.41, 5.74) is 7.90. The van der Waals surface area contributed by atoms with E-state index in [-0.39, 0.29) is 24.2 Å². The van der Waals surface area contributed by atoms with Crippen LogP contribution in [-0.4, -0.2) is 29.0 Å². The van der Waals surface area contributed by atoms with Crippen LogP contribution in [0.5, 0.6) is 0 Å². The van der Waals surface area contributed by atoms with Gasteiger partial charge in [0.2, 0.25) is 5.91 Å². The highest BCUT2D eigenvalue weighted by Crippen LogP contribution is 2.31. The fraction of sp³-hybridized carbons (Fsp3) is 0.350. The van der Waals surface area contributed by atoms with Crippen molar-refractivity contribution in [2.45, 2.75) is 25.0 Å². The number of nitrogens with two attached hydrogens (primary N) is 1. The summed E-state index contributed by atoms with van der Waals surface area (Å²) in [5, 5.41) is 10.5. The number of halogens is 1. The van der Waals surface area contributed by atoms with Crippen LogP contribution in [0.3, 0.4) is 0 Å². The van der Waals surface area contributed by atoms with E-state index in [4.69, 9.17) is 5.73 Å². The van der Waals surface area contributed by atoms with E-state index in [2.05, 4.69) is 0 Å². The first-order valence-electron chi connectivity index (χ1n) is 8.49. The zero-order valence-electron chi connectivity index (χ0n) is 14.1. The number of likely N-dealkylation sites (tertiary alicyclic amines) is 1. The van der Waals surface area contributed by atoms with Crippen molar-refractivity contribution < 1.29 is 9.90 Å². The van der Waals surface area contributed by atoms with E-state index >= 15 is 0 Å². The molecule has 1 aliphatic rings. The van der Waals surface area contributed by atoms with Crippen molar-refractivity contribution in [2.24, 2.45) is 11.7 Å². The number of benzene rings is 2. The number of nitrogens with zero attached hydrogens (tertiary/aromatic N) is 1. The van der Waals surface area contributed by atoms with Crippen LogP contribution >= 0.6 is 12.4 Å². The molecule has 0 aromatic heterocycles. The van der Waals surface area contributed by atoms with Crippen molar-refractivity contribution in [1.29, 1.82) is 0 Å². The Kier molecular flexibility index (Phi) is 7.00. The SMILES string of the molecule is Cl.NC(C(=O)N1CCC(C(O)c2ccccc2)CC1)c1ccccc1. The molecule has 1 aliphatic heterocycles. The van der Waals surface area contributed by atoms with Crippen LogP contribution in [0.15, 0.2) is 60.7 Å². The molecule has 1 amide bonds. The lowest BCUT2D eigenvalue weighted by molar-refractivity contribution is -0.134. The number of amides is 1. The zero-order chi connectivity index (χ0) is 16.9. The van der Waals surface area contributed by atoms with Crippen molar-refractivity contribution >= 4 is 18.3 Å². The van der Waals surface area contributed by atoms with Gasteiger partial charge in [0.05, 0.1) is 6.10 Å². The van der Waals surface area contributed by atoms with Crippen molar-refractivity contribution in [2.75, 3.05) is 13.1 Å². The fourth-order valence-electron chi connectivity index (χ4n) is 3.36. The Bertz CT molecular complexity index is 658. The van der Waals surface area contributed by atoms with Crippen molar-refractivity contribution in [3.63, 3.8) is 0 Å². The largest absolute Gasteiger partial charge is 0.388 e. The number of hydrogen-bond donors (Lipinski definition) is 2. The number of piperidine rings is 1. The predicted molar refractivity (Wildman–Crippen MR) is 101 cm³/mol. The summed E-state index contributed by atoms with van der Waals surface area (Å²) in [6, 6.07) is 18.6. The molecule has 25 heavy (non-hydrogen) atoms. The second-order valence-corrected chi connectivity index (χ2v) is 6.41. The highest BCUT2D eigenvalue weighted by molar-refractivity contribution is 5.85. The van der Waals surface area contributed by atoms with E-state index in [1.54, 1.807) is 0 Å². The summed E-state index contributed by atoms with van der Waals surface area (Å²) in [6.07, 6.45) is 1.12.